The van der Waals surface area contributed by atoms with Crippen molar-refractivity contribution in [2.75, 3.05) is 9.62 Å². The molecule has 0 saturated heterocycles. The maximum atomic E-state index is 13.3. The van der Waals surface area contributed by atoms with Crippen LogP contribution in [0.1, 0.15) is 20.7 Å². The van der Waals surface area contributed by atoms with Crippen LogP contribution in [0.5, 0.6) is 5.75 Å². The first-order valence-electron chi connectivity index (χ1n) is 10.5. The number of carbonyl (C=O) groups is 2. The Bertz CT molecular complexity index is 1440. The van der Waals surface area contributed by atoms with Crippen molar-refractivity contribution >= 4 is 40.2 Å². The highest BCUT2D eigenvalue weighted by Gasteiger charge is 2.20. The number of aromatic hydroxyl groups is 1. The van der Waals surface area contributed by atoms with Gasteiger partial charge in [0.1, 0.15) is 17.3 Å². The standard InChI is InChI=1S/C26H19FN2O6S/c27-20-9-12-22(13-10-20)29(36(34)35)23-15-21(11-14-24(23)30)28-25(31)18-5-1-16(2-6-18)17-3-7-19(8-4-17)26(32)33/h1-15,30H,(H,28,31)(H,32,33)(H,34,35). The van der Waals surface area contributed by atoms with Crippen LogP contribution in [0, 0.1) is 5.82 Å². The SMILES string of the molecule is O=C(O)c1ccc(-c2ccc(C(=O)Nc3ccc(O)c(N(c4ccc(F)cc4)S(=O)O)c3)cc2)cc1. The number of carboxylic acids is 1. The number of benzene rings is 4. The van der Waals surface area contributed by atoms with Crippen LogP contribution in [0.25, 0.3) is 11.1 Å². The largest absolute Gasteiger partial charge is 0.506 e. The second-order valence-electron chi connectivity index (χ2n) is 7.62. The number of hydrogen-bond acceptors (Lipinski definition) is 4. The van der Waals surface area contributed by atoms with Crippen molar-refractivity contribution in [1.29, 1.82) is 0 Å². The summed E-state index contributed by atoms with van der Waals surface area (Å²) in [6.07, 6.45) is 0. The molecular formula is C26H19FN2O6S. The second-order valence-corrected chi connectivity index (χ2v) is 8.45. The number of nitrogens with one attached hydrogen (secondary N) is 1. The van der Waals surface area contributed by atoms with E-state index in [9.17, 15) is 27.8 Å². The second kappa shape index (κ2) is 10.4. The average molecular weight is 507 g/mol. The van der Waals surface area contributed by atoms with Gasteiger partial charge in [0, 0.05) is 11.3 Å². The third-order valence-corrected chi connectivity index (χ3v) is 6.00. The van der Waals surface area contributed by atoms with Crippen LogP contribution >= 0.6 is 0 Å². The van der Waals surface area contributed by atoms with Crippen molar-refractivity contribution in [2.24, 2.45) is 0 Å². The molecule has 8 nitrogen and oxygen atoms in total. The maximum absolute atomic E-state index is 13.3. The number of anilines is 3. The van der Waals surface area contributed by atoms with Gasteiger partial charge in [0.25, 0.3) is 17.2 Å². The fourth-order valence-corrected chi connectivity index (χ4v) is 4.09. The highest BCUT2D eigenvalue weighted by Crippen LogP contribution is 2.36. The van der Waals surface area contributed by atoms with E-state index in [1.54, 1.807) is 36.4 Å². The molecule has 1 unspecified atom stereocenters. The number of nitrogens with zero attached hydrogens (tertiary/aromatic N) is 1. The van der Waals surface area contributed by atoms with Gasteiger partial charge in [0.05, 0.1) is 11.3 Å². The number of carbonyl (C=O) groups excluding carboxylic acids is 1. The molecule has 1 amide bonds. The topological polar surface area (TPSA) is 127 Å². The molecule has 4 aromatic rings. The summed E-state index contributed by atoms with van der Waals surface area (Å²) >= 11 is -2.60. The van der Waals surface area contributed by atoms with E-state index in [2.05, 4.69) is 5.32 Å². The third-order valence-electron chi connectivity index (χ3n) is 5.28. The smallest absolute Gasteiger partial charge is 0.335 e. The van der Waals surface area contributed by atoms with E-state index in [0.29, 0.717) is 5.56 Å². The van der Waals surface area contributed by atoms with Crippen molar-refractivity contribution in [3.05, 3.63) is 108 Å². The Morgan fingerprint density at radius 2 is 1.36 bits per heavy atom. The van der Waals surface area contributed by atoms with E-state index in [0.717, 1.165) is 27.6 Å². The minimum absolute atomic E-state index is 0.0691. The van der Waals surface area contributed by atoms with Gasteiger partial charge in [-0.25, -0.2) is 17.7 Å². The van der Waals surface area contributed by atoms with E-state index in [1.807, 2.05) is 0 Å². The van der Waals surface area contributed by atoms with Crippen LogP contribution in [0.15, 0.2) is 91.0 Å². The van der Waals surface area contributed by atoms with Gasteiger partial charge in [0.15, 0.2) is 0 Å². The predicted molar refractivity (Wildman–Crippen MR) is 134 cm³/mol. The molecule has 0 aliphatic heterocycles. The van der Waals surface area contributed by atoms with Gasteiger partial charge in [-0.2, -0.15) is 0 Å². The Hall–Kier alpha value is -4.54. The molecule has 0 aliphatic rings. The predicted octanol–water partition coefficient (Wildman–Crippen LogP) is 5.42. The van der Waals surface area contributed by atoms with Crippen LogP contribution in [0.4, 0.5) is 21.5 Å². The molecule has 0 radical (unpaired) electrons. The quantitative estimate of drug-likeness (QED) is 0.196. The first kappa shape index (κ1) is 24.6. The zero-order chi connectivity index (χ0) is 25.8. The lowest BCUT2D eigenvalue weighted by molar-refractivity contribution is 0.0696. The fraction of sp³-hybridized carbons (Fsp3) is 0. The lowest BCUT2D eigenvalue weighted by atomic mass is 10.0. The summed E-state index contributed by atoms with van der Waals surface area (Å²) in [7, 11) is 0. The van der Waals surface area contributed by atoms with Gasteiger partial charge < -0.3 is 15.5 Å². The summed E-state index contributed by atoms with van der Waals surface area (Å²) in [6, 6.07) is 21.8. The third kappa shape index (κ3) is 5.40. The van der Waals surface area contributed by atoms with Gasteiger partial charge in [-0.3, -0.25) is 9.35 Å². The molecule has 0 aliphatic carbocycles. The Labute approximate surface area is 207 Å². The van der Waals surface area contributed by atoms with Gasteiger partial charge >= 0.3 is 5.97 Å². The van der Waals surface area contributed by atoms with E-state index in [4.69, 9.17) is 5.11 Å². The van der Waals surface area contributed by atoms with Crippen LogP contribution in [-0.4, -0.2) is 30.9 Å². The molecule has 4 rings (SSSR count). The number of phenolic OH excluding ortho intramolecular Hbond substituents is 1. The monoisotopic (exact) mass is 506 g/mol. The molecule has 0 bridgehead atoms. The zero-order valence-corrected chi connectivity index (χ0v) is 19.3. The molecule has 0 fully saturated rings. The van der Waals surface area contributed by atoms with Crippen LogP contribution in [0.2, 0.25) is 0 Å². The van der Waals surface area contributed by atoms with Crippen LogP contribution in [0.3, 0.4) is 0 Å². The van der Waals surface area contributed by atoms with Crippen LogP contribution < -0.4 is 9.62 Å². The van der Waals surface area contributed by atoms with E-state index in [1.165, 1.54) is 42.5 Å². The van der Waals surface area contributed by atoms with E-state index >= 15 is 0 Å². The number of hydrogen-bond donors (Lipinski definition) is 4. The van der Waals surface area contributed by atoms with Gasteiger partial charge in [-0.1, -0.05) is 24.3 Å². The van der Waals surface area contributed by atoms with Crippen molar-refractivity contribution in [2.45, 2.75) is 0 Å². The van der Waals surface area contributed by atoms with Crippen molar-refractivity contribution in [3.8, 4) is 16.9 Å². The van der Waals surface area contributed by atoms with Crippen LogP contribution in [-0.2, 0) is 11.3 Å². The molecule has 182 valence electrons. The Morgan fingerprint density at radius 1 is 0.806 bits per heavy atom. The Morgan fingerprint density at radius 3 is 1.89 bits per heavy atom. The average Bonchev–Trinajstić information content (AvgIpc) is 2.87. The van der Waals surface area contributed by atoms with E-state index in [-0.39, 0.29) is 28.4 Å². The Balaban J connectivity index is 1.54. The molecule has 10 heteroatoms. The minimum atomic E-state index is -2.60. The first-order chi connectivity index (χ1) is 17.2. The molecule has 4 aromatic carbocycles. The minimum Gasteiger partial charge on any atom is -0.506 e. The Kier molecular flexibility index (Phi) is 7.09. The zero-order valence-electron chi connectivity index (χ0n) is 18.5. The van der Waals surface area contributed by atoms with Gasteiger partial charge in [-0.15, -0.1) is 0 Å². The molecule has 36 heavy (non-hydrogen) atoms. The molecule has 1 atom stereocenters. The van der Waals surface area contributed by atoms with Crippen molar-refractivity contribution < 1.29 is 33.0 Å². The summed E-state index contributed by atoms with van der Waals surface area (Å²) in [6.45, 7) is 0. The van der Waals surface area contributed by atoms with Crippen molar-refractivity contribution in [3.63, 3.8) is 0 Å². The highest BCUT2D eigenvalue weighted by molar-refractivity contribution is 7.81. The fourth-order valence-electron chi connectivity index (χ4n) is 3.48. The summed E-state index contributed by atoms with van der Waals surface area (Å²) in [5.74, 6) is -2.33. The van der Waals surface area contributed by atoms with Gasteiger partial charge in [-0.05, 0) is 77.9 Å². The number of rotatable bonds is 7. The summed E-state index contributed by atoms with van der Waals surface area (Å²) in [5.41, 5.74) is 2.41. The summed E-state index contributed by atoms with van der Waals surface area (Å²) in [4.78, 5) is 23.8. The lowest BCUT2D eigenvalue weighted by Gasteiger charge is -2.21. The molecule has 0 spiro atoms. The normalized spacial score (nSPS) is 11.5. The summed E-state index contributed by atoms with van der Waals surface area (Å²) < 4.78 is 36.0. The highest BCUT2D eigenvalue weighted by atomic mass is 32.2. The first-order valence-corrected chi connectivity index (χ1v) is 11.5. The molecule has 0 heterocycles. The molecule has 0 aromatic heterocycles. The number of phenols is 1. The van der Waals surface area contributed by atoms with E-state index < -0.39 is 29.0 Å². The molecular weight excluding hydrogens is 487 g/mol. The number of halogens is 1. The summed E-state index contributed by atoms with van der Waals surface area (Å²) in [5, 5.41) is 22.0. The number of carboxylic acid groups (broad SMARTS) is 1. The molecule has 0 saturated carbocycles. The van der Waals surface area contributed by atoms with Gasteiger partial charge in [0.2, 0.25) is 0 Å². The van der Waals surface area contributed by atoms with Crippen molar-refractivity contribution in [1.82, 2.24) is 0 Å². The maximum Gasteiger partial charge on any atom is 0.335 e. The number of amides is 1. The number of aromatic carboxylic acids is 1. The lowest BCUT2D eigenvalue weighted by Crippen LogP contribution is -2.20. The molecule has 4 N–H and O–H groups in total.